The number of hydrogen-bond acceptors (Lipinski definition) is 6. The summed E-state index contributed by atoms with van der Waals surface area (Å²) in [5.74, 6) is -0.298. The molecule has 0 aliphatic carbocycles. The third-order valence-corrected chi connectivity index (χ3v) is 4.89. The van der Waals surface area contributed by atoms with Crippen LogP contribution in [0, 0.1) is 6.92 Å². The standard InChI is InChI=1S/C13H21N3O2S/c1-9-11(12(17)18-4)19-13(14-9)16(3)8-10-6-5-7-15(10)2/h10H,5-8H2,1-4H3. The number of anilines is 1. The molecular formula is C13H21N3O2S. The Balaban J connectivity index is 2.07. The summed E-state index contributed by atoms with van der Waals surface area (Å²) in [6.07, 6.45) is 2.49. The Morgan fingerprint density at radius 1 is 1.63 bits per heavy atom. The summed E-state index contributed by atoms with van der Waals surface area (Å²) >= 11 is 1.41. The number of nitrogens with zero attached hydrogens (tertiary/aromatic N) is 3. The van der Waals surface area contributed by atoms with Crippen molar-refractivity contribution in [2.75, 3.05) is 39.2 Å². The molecule has 0 spiro atoms. The zero-order valence-corrected chi connectivity index (χ0v) is 12.8. The molecule has 0 amide bonds. The summed E-state index contributed by atoms with van der Waals surface area (Å²) in [6, 6.07) is 0.579. The summed E-state index contributed by atoms with van der Waals surface area (Å²) in [5, 5.41) is 0.887. The lowest BCUT2D eigenvalue weighted by atomic mass is 10.2. The Hall–Kier alpha value is -1.14. The molecule has 1 aliphatic heterocycles. The van der Waals surface area contributed by atoms with E-state index < -0.39 is 0 Å². The minimum atomic E-state index is -0.298. The molecular weight excluding hydrogens is 262 g/mol. The smallest absolute Gasteiger partial charge is 0.350 e. The fourth-order valence-electron chi connectivity index (χ4n) is 2.43. The Morgan fingerprint density at radius 3 is 2.95 bits per heavy atom. The van der Waals surface area contributed by atoms with Crippen LogP contribution in [0.3, 0.4) is 0 Å². The molecule has 1 atom stereocenters. The average Bonchev–Trinajstić information content (AvgIpc) is 2.95. The molecule has 2 heterocycles. The number of aromatic nitrogens is 1. The normalized spacial score (nSPS) is 19.7. The van der Waals surface area contributed by atoms with Gasteiger partial charge in [0.15, 0.2) is 5.13 Å². The van der Waals surface area contributed by atoms with Crippen LogP contribution in [0.1, 0.15) is 28.2 Å². The number of thiazole rings is 1. The summed E-state index contributed by atoms with van der Waals surface area (Å²) in [4.78, 5) is 21.2. The molecule has 1 aliphatic rings. The second kappa shape index (κ2) is 5.88. The highest BCUT2D eigenvalue weighted by atomic mass is 32.1. The fraction of sp³-hybridized carbons (Fsp3) is 0.692. The van der Waals surface area contributed by atoms with Crippen LogP contribution in [0.2, 0.25) is 0 Å². The van der Waals surface area contributed by atoms with Gasteiger partial charge in [0, 0.05) is 19.6 Å². The quantitative estimate of drug-likeness (QED) is 0.788. The van der Waals surface area contributed by atoms with Gasteiger partial charge in [-0.1, -0.05) is 11.3 Å². The Kier molecular flexibility index (Phi) is 4.42. The minimum absolute atomic E-state index is 0.298. The molecule has 19 heavy (non-hydrogen) atoms. The van der Waals surface area contributed by atoms with Crippen molar-refractivity contribution in [1.82, 2.24) is 9.88 Å². The number of hydrogen-bond donors (Lipinski definition) is 0. The number of likely N-dealkylation sites (tertiary alicyclic amines) is 1. The molecule has 1 aromatic rings. The second-order valence-electron chi connectivity index (χ2n) is 5.06. The molecule has 2 rings (SSSR count). The molecule has 5 nitrogen and oxygen atoms in total. The molecule has 6 heteroatoms. The largest absolute Gasteiger partial charge is 0.465 e. The lowest BCUT2D eigenvalue weighted by molar-refractivity contribution is 0.0605. The maximum absolute atomic E-state index is 11.6. The van der Waals surface area contributed by atoms with Crippen LogP contribution in [0.15, 0.2) is 0 Å². The lowest BCUT2D eigenvalue weighted by Gasteiger charge is -2.25. The summed E-state index contributed by atoms with van der Waals surface area (Å²) in [7, 11) is 5.60. The van der Waals surface area contributed by atoms with E-state index in [1.165, 1.54) is 37.8 Å². The van der Waals surface area contributed by atoms with E-state index >= 15 is 0 Å². The summed E-state index contributed by atoms with van der Waals surface area (Å²) < 4.78 is 4.77. The van der Waals surface area contributed by atoms with E-state index in [0.29, 0.717) is 10.9 Å². The monoisotopic (exact) mass is 283 g/mol. The van der Waals surface area contributed by atoms with Gasteiger partial charge in [-0.2, -0.15) is 0 Å². The van der Waals surface area contributed by atoms with Crippen LogP contribution in [0.25, 0.3) is 0 Å². The third-order valence-electron chi connectivity index (χ3n) is 3.64. The first kappa shape index (κ1) is 14.3. The number of carbonyl (C=O) groups excluding carboxylic acids is 1. The van der Waals surface area contributed by atoms with Gasteiger partial charge in [0.2, 0.25) is 0 Å². The van der Waals surface area contributed by atoms with Crippen molar-refractivity contribution < 1.29 is 9.53 Å². The maximum atomic E-state index is 11.6. The minimum Gasteiger partial charge on any atom is -0.465 e. The van der Waals surface area contributed by atoms with Crippen molar-refractivity contribution in [2.45, 2.75) is 25.8 Å². The van der Waals surface area contributed by atoms with Crippen LogP contribution in [-0.4, -0.2) is 56.2 Å². The first-order valence-electron chi connectivity index (χ1n) is 6.50. The van der Waals surface area contributed by atoms with Gasteiger partial charge in [-0.05, 0) is 33.4 Å². The van der Waals surface area contributed by atoms with E-state index in [1.807, 2.05) is 14.0 Å². The number of likely N-dealkylation sites (N-methyl/N-ethyl adjacent to an activating group) is 2. The number of carbonyl (C=O) groups is 1. The first-order valence-corrected chi connectivity index (χ1v) is 7.31. The number of ether oxygens (including phenoxy) is 1. The van der Waals surface area contributed by atoms with E-state index in [1.54, 1.807) is 0 Å². The van der Waals surface area contributed by atoms with Gasteiger partial charge in [-0.15, -0.1) is 0 Å². The van der Waals surface area contributed by atoms with Gasteiger partial charge in [0.25, 0.3) is 0 Å². The van der Waals surface area contributed by atoms with Crippen molar-refractivity contribution in [3.8, 4) is 0 Å². The van der Waals surface area contributed by atoms with Gasteiger partial charge in [0.05, 0.1) is 12.8 Å². The number of methoxy groups -OCH3 is 1. The molecule has 0 N–H and O–H groups in total. The molecule has 1 saturated heterocycles. The fourth-order valence-corrected chi connectivity index (χ4v) is 3.39. The van der Waals surface area contributed by atoms with Crippen LogP contribution >= 0.6 is 11.3 Å². The van der Waals surface area contributed by atoms with E-state index in [9.17, 15) is 4.79 Å². The highest BCUT2D eigenvalue weighted by Crippen LogP contribution is 2.27. The number of aryl methyl sites for hydroxylation is 1. The predicted octanol–water partition coefficient (Wildman–Crippen LogP) is 1.77. The highest BCUT2D eigenvalue weighted by Gasteiger charge is 2.24. The number of rotatable bonds is 4. The van der Waals surface area contributed by atoms with Crippen molar-refractivity contribution in [3.63, 3.8) is 0 Å². The maximum Gasteiger partial charge on any atom is 0.350 e. The Morgan fingerprint density at radius 2 is 2.37 bits per heavy atom. The van der Waals surface area contributed by atoms with E-state index in [-0.39, 0.29) is 5.97 Å². The van der Waals surface area contributed by atoms with E-state index in [2.05, 4.69) is 21.8 Å². The molecule has 106 valence electrons. The summed E-state index contributed by atoms with van der Waals surface area (Å²) in [5.41, 5.74) is 0.749. The molecule has 0 bridgehead atoms. The first-order chi connectivity index (χ1) is 9.02. The second-order valence-corrected chi connectivity index (χ2v) is 6.04. The topological polar surface area (TPSA) is 45.7 Å². The molecule has 1 unspecified atom stereocenters. The van der Waals surface area contributed by atoms with Crippen LogP contribution in [0.5, 0.6) is 0 Å². The SMILES string of the molecule is COC(=O)c1sc(N(C)CC2CCCN2C)nc1C. The highest BCUT2D eigenvalue weighted by molar-refractivity contribution is 7.17. The van der Waals surface area contributed by atoms with Crippen molar-refractivity contribution >= 4 is 22.4 Å². The van der Waals surface area contributed by atoms with Gasteiger partial charge in [-0.25, -0.2) is 9.78 Å². The lowest BCUT2D eigenvalue weighted by Crippen LogP contribution is -2.36. The van der Waals surface area contributed by atoms with E-state index in [0.717, 1.165) is 17.4 Å². The van der Waals surface area contributed by atoms with Gasteiger partial charge in [0.1, 0.15) is 4.88 Å². The van der Waals surface area contributed by atoms with Gasteiger partial charge in [-0.3, -0.25) is 0 Å². The number of esters is 1. The van der Waals surface area contributed by atoms with Gasteiger partial charge < -0.3 is 14.5 Å². The van der Waals surface area contributed by atoms with Crippen molar-refractivity contribution in [3.05, 3.63) is 10.6 Å². The average molecular weight is 283 g/mol. The summed E-state index contributed by atoms with van der Waals surface area (Å²) in [6.45, 7) is 3.97. The zero-order valence-electron chi connectivity index (χ0n) is 12.0. The van der Waals surface area contributed by atoms with E-state index in [4.69, 9.17) is 4.74 Å². The molecule has 1 fully saturated rings. The van der Waals surface area contributed by atoms with Gasteiger partial charge >= 0.3 is 5.97 Å². The van der Waals surface area contributed by atoms with Crippen molar-refractivity contribution in [2.24, 2.45) is 0 Å². The molecule has 0 radical (unpaired) electrons. The molecule has 0 aromatic carbocycles. The Labute approximate surface area is 118 Å². The zero-order chi connectivity index (χ0) is 14.0. The third kappa shape index (κ3) is 3.06. The Bertz CT molecular complexity index is 461. The van der Waals surface area contributed by atoms with Crippen LogP contribution < -0.4 is 4.90 Å². The molecule has 1 aromatic heterocycles. The predicted molar refractivity (Wildman–Crippen MR) is 77.1 cm³/mol. The van der Waals surface area contributed by atoms with Crippen molar-refractivity contribution in [1.29, 1.82) is 0 Å². The van der Waals surface area contributed by atoms with Crippen LogP contribution in [-0.2, 0) is 4.74 Å². The molecule has 0 saturated carbocycles. The van der Waals surface area contributed by atoms with Crippen LogP contribution in [0.4, 0.5) is 5.13 Å².